The van der Waals surface area contributed by atoms with E-state index >= 15 is 0 Å². The van der Waals surface area contributed by atoms with Crippen LogP contribution in [0.2, 0.25) is 0 Å². The second-order valence-corrected chi connectivity index (χ2v) is 7.21. The number of hydrogen-bond donors (Lipinski definition) is 2. The maximum atomic E-state index is 12.7. The second-order valence-electron chi connectivity index (χ2n) is 7.21. The van der Waals surface area contributed by atoms with Gasteiger partial charge in [0.25, 0.3) is 5.91 Å². The Balaban J connectivity index is 1.41. The Morgan fingerprint density at radius 3 is 2.86 bits per heavy atom. The number of fused-ring (bicyclic) bond motifs is 2. The van der Waals surface area contributed by atoms with Crippen LogP contribution >= 0.6 is 0 Å². The monoisotopic (exact) mass is 371 g/mol. The number of aryl methyl sites for hydroxylation is 1. The molecule has 0 unspecified atom stereocenters. The number of nitrogens with one attached hydrogen (secondary N) is 2. The molecule has 2 aromatic heterocycles. The van der Waals surface area contributed by atoms with Crippen molar-refractivity contribution in [3.8, 4) is 11.4 Å². The van der Waals surface area contributed by atoms with E-state index in [0.29, 0.717) is 5.69 Å². The third-order valence-corrected chi connectivity index (χ3v) is 5.26. The van der Waals surface area contributed by atoms with E-state index in [1.807, 2.05) is 54.6 Å². The minimum Gasteiger partial charge on any atom is -0.351 e. The van der Waals surface area contributed by atoms with Gasteiger partial charge in [0.15, 0.2) is 5.82 Å². The predicted octanol–water partition coefficient (Wildman–Crippen LogP) is 4.41. The van der Waals surface area contributed by atoms with E-state index in [2.05, 4.69) is 25.1 Å². The van der Waals surface area contributed by atoms with Gasteiger partial charge in [0.05, 0.1) is 0 Å². The van der Waals surface area contributed by atoms with E-state index in [4.69, 9.17) is 0 Å². The molecule has 4 aromatic rings. The van der Waals surface area contributed by atoms with Gasteiger partial charge < -0.3 is 14.9 Å². The Kier molecular flexibility index (Phi) is 4.16. The SMILES string of the molecule is O=C(Nc1cccc(-c2nnc3n2CCCCC3)c1)c1cc2ccccc2[nH]1. The van der Waals surface area contributed by atoms with Crippen LogP contribution in [0.1, 0.15) is 35.6 Å². The van der Waals surface area contributed by atoms with Crippen LogP contribution in [0.3, 0.4) is 0 Å². The lowest BCUT2D eigenvalue weighted by Crippen LogP contribution is -2.12. The van der Waals surface area contributed by atoms with E-state index in [9.17, 15) is 4.79 Å². The molecule has 1 aliphatic rings. The summed E-state index contributed by atoms with van der Waals surface area (Å²) in [6.07, 6.45) is 4.51. The van der Waals surface area contributed by atoms with Crippen LogP contribution in [0.15, 0.2) is 54.6 Å². The molecule has 0 saturated heterocycles. The first kappa shape index (κ1) is 16.7. The maximum Gasteiger partial charge on any atom is 0.272 e. The summed E-state index contributed by atoms with van der Waals surface area (Å²) in [4.78, 5) is 15.9. The van der Waals surface area contributed by atoms with E-state index in [1.165, 1.54) is 12.8 Å². The number of carbonyl (C=O) groups excluding carboxylic acids is 1. The van der Waals surface area contributed by atoms with Crippen LogP contribution in [0.5, 0.6) is 0 Å². The summed E-state index contributed by atoms with van der Waals surface area (Å²) >= 11 is 0. The molecular weight excluding hydrogens is 350 g/mol. The number of aromatic amines is 1. The Hall–Kier alpha value is -3.41. The molecule has 1 aliphatic heterocycles. The van der Waals surface area contributed by atoms with Gasteiger partial charge in [-0.3, -0.25) is 4.79 Å². The number of amides is 1. The van der Waals surface area contributed by atoms with Gasteiger partial charge >= 0.3 is 0 Å². The minimum absolute atomic E-state index is 0.159. The highest BCUT2D eigenvalue weighted by Crippen LogP contribution is 2.25. The molecule has 0 fully saturated rings. The Morgan fingerprint density at radius 1 is 1.00 bits per heavy atom. The van der Waals surface area contributed by atoms with E-state index in [1.54, 1.807) is 0 Å². The first-order valence-electron chi connectivity index (χ1n) is 9.69. The van der Waals surface area contributed by atoms with Gasteiger partial charge in [0.2, 0.25) is 0 Å². The molecule has 1 amide bonds. The van der Waals surface area contributed by atoms with Crippen LogP contribution in [0.4, 0.5) is 5.69 Å². The lowest BCUT2D eigenvalue weighted by atomic mass is 10.2. The average Bonchev–Trinajstić information content (AvgIpc) is 3.26. The molecular formula is C22H21N5O. The highest BCUT2D eigenvalue weighted by Gasteiger charge is 2.17. The zero-order valence-electron chi connectivity index (χ0n) is 15.5. The fourth-order valence-electron chi connectivity index (χ4n) is 3.83. The molecule has 6 nitrogen and oxygen atoms in total. The van der Waals surface area contributed by atoms with Gasteiger partial charge in [-0.2, -0.15) is 0 Å². The molecule has 2 aromatic carbocycles. The number of para-hydroxylation sites is 1. The summed E-state index contributed by atoms with van der Waals surface area (Å²) in [5.74, 6) is 1.77. The van der Waals surface area contributed by atoms with Gasteiger partial charge in [-0.1, -0.05) is 36.8 Å². The largest absolute Gasteiger partial charge is 0.351 e. The molecule has 6 heteroatoms. The number of hydrogen-bond acceptors (Lipinski definition) is 3. The van der Waals surface area contributed by atoms with Crippen LogP contribution in [0, 0.1) is 0 Å². The van der Waals surface area contributed by atoms with Crippen molar-refractivity contribution >= 4 is 22.5 Å². The fraction of sp³-hybridized carbons (Fsp3) is 0.227. The highest BCUT2D eigenvalue weighted by molar-refractivity contribution is 6.06. The minimum atomic E-state index is -0.159. The lowest BCUT2D eigenvalue weighted by molar-refractivity contribution is 0.102. The number of aromatic nitrogens is 4. The first-order valence-corrected chi connectivity index (χ1v) is 9.69. The molecule has 0 aliphatic carbocycles. The molecule has 0 spiro atoms. The summed E-state index contributed by atoms with van der Waals surface area (Å²) < 4.78 is 2.21. The fourth-order valence-corrected chi connectivity index (χ4v) is 3.83. The number of nitrogens with zero attached hydrogens (tertiary/aromatic N) is 3. The summed E-state index contributed by atoms with van der Waals surface area (Å²) in [7, 11) is 0. The number of anilines is 1. The predicted molar refractivity (Wildman–Crippen MR) is 109 cm³/mol. The smallest absolute Gasteiger partial charge is 0.272 e. The molecule has 0 saturated carbocycles. The van der Waals surface area contributed by atoms with Crippen LogP contribution in [0.25, 0.3) is 22.3 Å². The molecule has 28 heavy (non-hydrogen) atoms. The zero-order chi connectivity index (χ0) is 18.9. The van der Waals surface area contributed by atoms with Gasteiger partial charge in [0, 0.05) is 35.1 Å². The summed E-state index contributed by atoms with van der Waals surface area (Å²) in [5.41, 5.74) is 3.21. The van der Waals surface area contributed by atoms with Crippen LogP contribution < -0.4 is 5.32 Å². The van der Waals surface area contributed by atoms with Crippen molar-refractivity contribution in [3.63, 3.8) is 0 Å². The van der Waals surface area contributed by atoms with Gasteiger partial charge in [0.1, 0.15) is 11.5 Å². The number of rotatable bonds is 3. The summed E-state index contributed by atoms with van der Waals surface area (Å²) in [6.45, 7) is 0.948. The Morgan fingerprint density at radius 2 is 1.93 bits per heavy atom. The van der Waals surface area contributed by atoms with Crippen molar-refractivity contribution < 1.29 is 4.79 Å². The third kappa shape index (κ3) is 3.07. The Bertz CT molecular complexity index is 1120. The van der Waals surface area contributed by atoms with Gasteiger partial charge in [-0.25, -0.2) is 0 Å². The van der Waals surface area contributed by atoms with Crippen LogP contribution in [-0.4, -0.2) is 25.7 Å². The van der Waals surface area contributed by atoms with Crippen molar-refractivity contribution in [1.82, 2.24) is 19.7 Å². The lowest BCUT2D eigenvalue weighted by Gasteiger charge is -2.09. The zero-order valence-corrected chi connectivity index (χ0v) is 15.5. The topological polar surface area (TPSA) is 75.6 Å². The molecule has 0 atom stereocenters. The van der Waals surface area contributed by atoms with Crippen molar-refractivity contribution in [1.29, 1.82) is 0 Å². The maximum absolute atomic E-state index is 12.7. The highest BCUT2D eigenvalue weighted by atomic mass is 16.1. The summed E-state index contributed by atoms with van der Waals surface area (Å²) in [5, 5.41) is 12.8. The van der Waals surface area contributed by atoms with E-state index in [-0.39, 0.29) is 5.91 Å². The average molecular weight is 371 g/mol. The molecule has 0 radical (unpaired) electrons. The van der Waals surface area contributed by atoms with E-state index in [0.717, 1.165) is 53.2 Å². The number of H-pyrrole nitrogens is 1. The van der Waals surface area contributed by atoms with Crippen LogP contribution in [-0.2, 0) is 13.0 Å². The summed E-state index contributed by atoms with van der Waals surface area (Å²) in [6, 6.07) is 17.5. The molecule has 0 bridgehead atoms. The normalized spacial score (nSPS) is 13.9. The molecule has 3 heterocycles. The first-order chi connectivity index (χ1) is 13.8. The third-order valence-electron chi connectivity index (χ3n) is 5.26. The standard InChI is InChI=1S/C22H21N5O/c28-22(19-14-15-7-3-4-10-18(15)24-19)23-17-9-6-8-16(13-17)21-26-25-20-11-2-1-5-12-27(20)21/h3-4,6-10,13-14,24H,1-2,5,11-12H2,(H,23,28). The Labute approximate surface area is 162 Å². The van der Waals surface area contributed by atoms with E-state index < -0.39 is 0 Å². The number of benzene rings is 2. The number of carbonyl (C=O) groups is 1. The quantitative estimate of drug-likeness (QED) is 0.560. The molecule has 5 rings (SSSR count). The second kappa shape index (κ2) is 6.96. The van der Waals surface area contributed by atoms with Gasteiger partial charge in [-0.15, -0.1) is 10.2 Å². The van der Waals surface area contributed by atoms with Crippen molar-refractivity contribution in [2.24, 2.45) is 0 Å². The van der Waals surface area contributed by atoms with Gasteiger partial charge in [-0.05, 0) is 37.1 Å². The van der Waals surface area contributed by atoms with Crippen molar-refractivity contribution in [3.05, 3.63) is 66.1 Å². The molecule has 2 N–H and O–H groups in total. The van der Waals surface area contributed by atoms with Crippen molar-refractivity contribution in [2.45, 2.75) is 32.2 Å². The van der Waals surface area contributed by atoms with Crippen molar-refractivity contribution in [2.75, 3.05) is 5.32 Å². The molecule has 140 valence electrons.